The van der Waals surface area contributed by atoms with Gasteiger partial charge in [0.05, 0.1) is 11.6 Å². The Morgan fingerprint density at radius 2 is 2.05 bits per heavy atom. The van der Waals surface area contributed by atoms with E-state index in [9.17, 15) is 4.79 Å². The lowest BCUT2D eigenvalue weighted by Crippen LogP contribution is -2.16. The molecular formula is C17H26BrNO2. The molecule has 0 fully saturated rings. The van der Waals surface area contributed by atoms with Crippen LogP contribution < -0.4 is 10.5 Å². The number of ketones is 1. The maximum Gasteiger partial charge on any atom is 0.137 e. The maximum absolute atomic E-state index is 12.1. The average molecular weight is 356 g/mol. The summed E-state index contributed by atoms with van der Waals surface area (Å²) in [6, 6.07) is 5.79. The van der Waals surface area contributed by atoms with Crippen molar-refractivity contribution in [2.45, 2.75) is 39.5 Å². The lowest BCUT2D eigenvalue weighted by atomic mass is 9.87. The Labute approximate surface area is 136 Å². The molecule has 0 aromatic heterocycles. The Kier molecular flexibility index (Phi) is 7.97. The van der Waals surface area contributed by atoms with Crippen LogP contribution >= 0.6 is 15.9 Å². The quantitative estimate of drug-likeness (QED) is 0.728. The number of nitrogens with two attached hydrogens (primary N) is 1. The molecular weight excluding hydrogens is 330 g/mol. The van der Waals surface area contributed by atoms with E-state index in [-0.39, 0.29) is 5.78 Å². The number of methoxy groups -OCH3 is 1. The van der Waals surface area contributed by atoms with Gasteiger partial charge in [0.15, 0.2) is 0 Å². The second-order valence-corrected chi connectivity index (χ2v) is 6.66. The van der Waals surface area contributed by atoms with E-state index in [4.69, 9.17) is 10.5 Å². The molecule has 1 aromatic rings. The summed E-state index contributed by atoms with van der Waals surface area (Å²) in [6.07, 6.45) is 3.05. The van der Waals surface area contributed by atoms with Crippen molar-refractivity contribution in [2.24, 2.45) is 17.6 Å². The first-order chi connectivity index (χ1) is 9.97. The molecule has 0 aliphatic rings. The van der Waals surface area contributed by atoms with Crippen LogP contribution in [0.2, 0.25) is 0 Å². The molecule has 0 saturated carbocycles. The minimum absolute atomic E-state index is 0.287. The summed E-state index contributed by atoms with van der Waals surface area (Å²) in [6.45, 7) is 5.10. The highest BCUT2D eigenvalue weighted by Crippen LogP contribution is 2.26. The monoisotopic (exact) mass is 355 g/mol. The molecule has 3 nitrogen and oxygen atoms in total. The Morgan fingerprint density at radius 3 is 2.57 bits per heavy atom. The van der Waals surface area contributed by atoms with E-state index in [1.165, 1.54) is 0 Å². The summed E-state index contributed by atoms with van der Waals surface area (Å²) >= 11 is 3.45. The number of carbonyl (C=O) groups excluding carboxylic acids is 1. The zero-order valence-electron chi connectivity index (χ0n) is 13.2. The third-order valence-electron chi connectivity index (χ3n) is 3.89. The van der Waals surface area contributed by atoms with Gasteiger partial charge in [-0.15, -0.1) is 0 Å². The van der Waals surface area contributed by atoms with E-state index in [1.807, 2.05) is 18.2 Å². The molecule has 118 valence electrons. The largest absolute Gasteiger partial charge is 0.496 e. The minimum atomic E-state index is 0.287. The van der Waals surface area contributed by atoms with E-state index in [0.29, 0.717) is 31.2 Å². The fraction of sp³-hybridized carbons (Fsp3) is 0.588. The van der Waals surface area contributed by atoms with Crippen molar-refractivity contribution in [1.29, 1.82) is 0 Å². The number of ether oxygens (including phenoxy) is 1. The SMILES string of the molecule is COc1ccc(CC(=O)CCC(CCN)C(C)C)cc1Br. The summed E-state index contributed by atoms with van der Waals surface area (Å²) in [7, 11) is 1.63. The van der Waals surface area contributed by atoms with Crippen LogP contribution in [0.3, 0.4) is 0 Å². The van der Waals surface area contributed by atoms with Gasteiger partial charge in [0.25, 0.3) is 0 Å². The second-order valence-electron chi connectivity index (χ2n) is 5.80. The van der Waals surface area contributed by atoms with Gasteiger partial charge < -0.3 is 10.5 Å². The highest BCUT2D eigenvalue weighted by atomic mass is 79.9. The van der Waals surface area contributed by atoms with Gasteiger partial charge in [-0.3, -0.25) is 4.79 Å². The molecule has 1 unspecified atom stereocenters. The van der Waals surface area contributed by atoms with Gasteiger partial charge in [-0.05, 0) is 64.8 Å². The molecule has 0 radical (unpaired) electrons. The highest BCUT2D eigenvalue weighted by molar-refractivity contribution is 9.10. The van der Waals surface area contributed by atoms with E-state index in [1.54, 1.807) is 7.11 Å². The number of hydrogen-bond acceptors (Lipinski definition) is 3. The lowest BCUT2D eigenvalue weighted by Gasteiger charge is -2.19. The normalized spacial score (nSPS) is 12.5. The van der Waals surface area contributed by atoms with Crippen molar-refractivity contribution in [3.63, 3.8) is 0 Å². The number of halogens is 1. The molecule has 1 rings (SSSR count). The first kappa shape index (κ1) is 18.2. The van der Waals surface area contributed by atoms with Crippen LogP contribution in [0.15, 0.2) is 22.7 Å². The van der Waals surface area contributed by atoms with E-state index in [0.717, 1.165) is 28.6 Å². The number of carbonyl (C=O) groups is 1. The zero-order valence-corrected chi connectivity index (χ0v) is 14.8. The molecule has 1 atom stereocenters. The molecule has 0 aliphatic heterocycles. The van der Waals surface area contributed by atoms with Crippen LogP contribution in [0.5, 0.6) is 5.75 Å². The molecule has 4 heteroatoms. The maximum atomic E-state index is 12.1. The van der Waals surface area contributed by atoms with Gasteiger partial charge >= 0.3 is 0 Å². The third kappa shape index (κ3) is 6.18. The average Bonchev–Trinajstić information content (AvgIpc) is 2.43. The Hall–Kier alpha value is -0.870. The van der Waals surface area contributed by atoms with Crippen LogP contribution in [0.25, 0.3) is 0 Å². The lowest BCUT2D eigenvalue weighted by molar-refractivity contribution is -0.118. The molecule has 0 amide bonds. The zero-order chi connectivity index (χ0) is 15.8. The number of Topliss-reactive ketones (excluding diaryl/α,β-unsaturated/α-hetero) is 1. The minimum Gasteiger partial charge on any atom is -0.496 e. The smallest absolute Gasteiger partial charge is 0.137 e. The van der Waals surface area contributed by atoms with Gasteiger partial charge in [-0.1, -0.05) is 19.9 Å². The van der Waals surface area contributed by atoms with Gasteiger partial charge in [-0.25, -0.2) is 0 Å². The van der Waals surface area contributed by atoms with Gasteiger partial charge in [0.2, 0.25) is 0 Å². The summed E-state index contributed by atoms with van der Waals surface area (Å²) < 4.78 is 6.08. The van der Waals surface area contributed by atoms with Crippen LogP contribution in [0.4, 0.5) is 0 Å². The van der Waals surface area contributed by atoms with Crippen molar-refractivity contribution in [1.82, 2.24) is 0 Å². The number of benzene rings is 1. The first-order valence-electron chi connectivity index (χ1n) is 7.52. The van der Waals surface area contributed by atoms with Crippen LogP contribution in [0.1, 0.15) is 38.7 Å². The number of hydrogen-bond donors (Lipinski definition) is 1. The Bertz CT molecular complexity index is 460. The molecule has 2 N–H and O–H groups in total. The topological polar surface area (TPSA) is 52.3 Å². The van der Waals surface area contributed by atoms with Gasteiger partial charge in [0, 0.05) is 12.8 Å². The molecule has 0 heterocycles. The molecule has 21 heavy (non-hydrogen) atoms. The molecule has 0 bridgehead atoms. The van der Waals surface area contributed by atoms with Crippen molar-refractivity contribution in [3.8, 4) is 5.75 Å². The van der Waals surface area contributed by atoms with Crippen molar-refractivity contribution < 1.29 is 9.53 Å². The van der Waals surface area contributed by atoms with Crippen LogP contribution in [-0.4, -0.2) is 19.4 Å². The predicted molar refractivity (Wildman–Crippen MR) is 90.6 cm³/mol. The van der Waals surface area contributed by atoms with Crippen molar-refractivity contribution in [3.05, 3.63) is 28.2 Å². The van der Waals surface area contributed by atoms with E-state index in [2.05, 4.69) is 29.8 Å². The summed E-state index contributed by atoms with van der Waals surface area (Å²) in [4.78, 5) is 12.1. The Morgan fingerprint density at radius 1 is 1.33 bits per heavy atom. The Balaban J connectivity index is 2.51. The van der Waals surface area contributed by atoms with Crippen LogP contribution in [-0.2, 0) is 11.2 Å². The summed E-state index contributed by atoms with van der Waals surface area (Å²) in [5.74, 6) is 2.20. The summed E-state index contributed by atoms with van der Waals surface area (Å²) in [5, 5.41) is 0. The number of rotatable bonds is 9. The fourth-order valence-corrected chi connectivity index (χ4v) is 3.10. The van der Waals surface area contributed by atoms with E-state index < -0.39 is 0 Å². The van der Waals surface area contributed by atoms with Crippen molar-refractivity contribution >= 4 is 21.7 Å². The standard InChI is InChI=1S/C17H26BrNO2/c1-12(2)14(8-9-19)5-6-15(20)10-13-4-7-17(21-3)16(18)11-13/h4,7,11-12,14H,5-6,8-10,19H2,1-3H3. The predicted octanol–water partition coefficient (Wildman–Crippen LogP) is 3.97. The summed E-state index contributed by atoms with van der Waals surface area (Å²) in [5.41, 5.74) is 6.66. The molecule has 0 saturated heterocycles. The second kappa shape index (κ2) is 9.21. The van der Waals surface area contributed by atoms with Crippen LogP contribution in [0, 0.1) is 11.8 Å². The molecule has 0 aliphatic carbocycles. The van der Waals surface area contributed by atoms with Gasteiger partial charge in [-0.2, -0.15) is 0 Å². The van der Waals surface area contributed by atoms with E-state index >= 15 is 0 Å². The fourth-order valence-electron chi connectivity index (χ4n) is 2.51. The first-order valence-corrected chi connectivity index (χ1v) is 8.31. The highest BCUT2D eigenvalue weighted by Gasteiger charge is 2.15. The third-order valence-corrected chi connectivity index (χ3v) is 4.51. The van der Waals surface area contributed by atoms with Crippen molar-refractivity contribution in [2.75, 3.05) is 13.7 Å². The molecule has 0 spiro atoms. The van der Waals surface area contributed by atoms with Gasteiger partial charge in [0.1, 0.15) is 11.5 Å². The molecule has 1 aromatic carbocycles.